The van der Waals surface area contributed by atoms with Crippen molar-refractivity contribution in [3.05, 3.63) is 48.5 Å². The molecular formula is C11H7BFN. The highest BCUT2D eigenvalue weighted by Gasteiger charge is 2.00. The molecule has 0 saturated heterocycles. The predicted molar refractivity (Wildman–Crippen MR) is 55.0 cm³/mol. The SMILES string of the molecule is [B]c1ccc(-c2cccnc2)cc1F. The maximum atomic E-state index is 13.1. The molecule has 0 aliphatic heterocycles. The summed E-state index contributed by atoms with van der Waals surface area (Å²) >= 11 is 0. The summed E-state index contributed by atoms with van der Waals surface area (Å²) < 4.78 is 13.1. The molecule has 1 aromatic heterocycles. The van der Waals surface area contributed by atoms with Crippen LogP contribution in [0.25, 0.3) is 11.1 Å². The van der Waals surface area contributed by atoms with Gasteiger partial charge in [-0.05, 0) is 17.7 Å². The Balaban J connectivity index is 2.48. The van der Waals surface area contributed by atoms with Crippen molar-refractivity contribution in [2.45, 2.75) is 0 Å². The van der Waals surface area contributed by atoms with E-state index in [2.05, 4.69) is 4.98 Å². The van der Waals surface area contributed by atoms with Crippen LogP contribution >= 0.6 is 0 Å². The van der Waals surface area contributed by atoms with Gasteiger partial charge in [-0.15, -0.1) is 0 Å². The van der Waals surface area contributed by atoms with Gasteiger partial charge in [-0.25, -0.2) is 4.39 Å². The summed E-state index contributed by atoms with van der Waals surface area (Å²) in [6.07, 6.45) is 3.36. The Morgan fingerprint density at radius 1 is 1.14 bits per heavy atom. The van der Waals surface area contributed by atoms with E-state index in [0.29, 0.717) is 0 Å². The standard InChI is InChI=1S/C11H7BFN/c12-10-4-3-8(6-11(10)13)9-2-1-5-14-7-9/h1-7H. The summed E-state index contributed by atoms with van der Waals surface area (Å²) in [7, 11) is 5.38. The van der Waals surface area contributed by atoms with E-state index in [0.717, 1.165) is 11.1 Å². The maximum absolute atomic E-state index is 13.1. The Bertz CT molecular complexity index is 442. The monoisotopic (exact) mass is 183 g/mol. The first-order chi connectivity index (χ1) is 6.77. The van der Waals surface area contributed by atoms with Gasteiger partial charge in [-0.2, -0.15) is 0 Å². The third-order valence-electron chi connectivity index (χ3n) is 2.00. The molecule has 0 aliphatic rings. The molecule has 1 heterocycles. The molecule has 0 atom stereocenters. The van der Waals surface area contributed by atoms with Crippen LogP contribution in [-0.2, 0) is 0 Å². The quantitative estimate of drug-likeness (QED) is 0.613. The second kappa shape index (κ2) is 3.62. The van der Waals surface area contributed by atoms with Crippen LogP contribution in [0, 0.1) is 5.82 Å². The van der Waals surface area contributed by atoms with Crippen LogP contribution in [0.2, 0.25) is 0 Å². The van der Waals surface area contributed by atoms with Crippen molar-refractivity contribution in [1.29, 1.82) is 0 Å². The van der Waals surface area contributed by atoms with Gasteiger partial charge in [-0.1, -0.05) is 23.7 Å². The lowest BCUT2D eigenvalue weighted by molar-refractivity contribution is 0.636. The van der Waals surface area contributed by atoms with E-state index in [1.807, 2.05) is 12.1 Å². The third-order valence-corrected chi connectivity index (χ3v) is 2.00. The molecule has 66 valence electrons. The van der Waals surface area contributed by atoms with Crippen molar-refractivity contribution in [3.63, 3.8) is 0 Å². The van der Waals surface area contributed by atoms with E-state index in [-0.39, 0.29) is 5.46 Å². The molecule has 0 bridgehead atoms. The number of halogens is 1. The first-order valence-corrected chi connectivity index (χ1v) is 4.23. The molecule has 0 fully saturated rings. The van der Waals surface area contributed by atoms with Gasteiger partial charge in [0.1, 0.15) is 13.7 Å². The first kappa shape index (κ1) is 8.94. The minimum atomic E-state index is -0.397. The predicted octanol–water partition coefficient (Wildman–Crippen LogP) is 1.68. The molecule has 0 amide bonds. The van der Waals surface area contributed by atoms with Crippen LogP contribution < -0.4 is 5.46 Å². The maximum Gasteiger partial charge on any atom is 0.117 e. The number of nitrogens with zero attached hydrogens (tertiary/aromatic N) is 1. The molecule has 0 aliphatic carbocycles. The Morgan fingerprint density at radius 2 is 2.00 bits per heavy atom. The Labute approximate surface area is 83.0 Å². The lowest BCUT2D eigenvalue weighted by Crippen LogP contribution is -2.07. The van der Waals surface area contributed by atoms with Gasteiger partial charge >= 0.3 is 0 Å². The van der Waals surface area contributed by atoms with Gasteiger partial charge in [0.15, 0.2) is 0 Å². The molecule has 2 aromatic rings. The molecule has 1 nitrogen and oxygen atoms in total. The number of rotatable bonds is 1. The highest BCUT2D eigenvalue weighted by atomic mass is 19.1. The fourth-order valence-electron chi connectivity index (χ4n) is 1.24. The second-order valence-electron chi connectivity index (χ2n) is 2.98. The number of hydrogen-bond acceptors (Lipinski definition) is 1. The van der Waals surface area contributed by atoms with Gasteiger partial charge in [0.05, 0.1) is 0 Å². The summed E-state index contributed by atoms with van der Waals surface area (Å²) in [5.41, 5.74) is 1.83. The molecule has 0 spiro atoms. The molecule has 0 unspecified atom stereocenters. The van der Waals surface area contributed by atoms with Gasteiger partial charge in [-0.3, -0.25) is 4.98 Å². The molecule has 14 heavy (non-hydrogen) atoms. The fourth-order valence-corrected chi connectivity index (χ4v) is 1.24. The zero-order valence-electron chi connectivity index (χ0n) is 7.44. The van der Waals surface area contributed by atoms with Crippen molar-refractivity contribution in [2.75, 3.05) is 0 Å². The normalized spacial score (nSPS) is 10.1. The van der Waals surface area contributed by atoms with Crippen molar-refractivity contribution < 1.29 is 4.39 Å². The summed E-state index contributed by atoms with van der Waals surface area (Å²) in [5.74, 6) is -0.397. The van der Waals surface area contributed by atoms with Crippen LogP contribution in [0.4, 0.5) is 4.39 Å². The lowest BCUT2D eigenvalue weighted by Gasteiger charge is -2.02. The summed E-state index contributed by atoms with van der Waals surface area (Å²) in [6, 6.07) is 8.42. The average molecular weight is 183 g/mol. The second-order valence-corrected chi connectivity index (χ2v) is 2.98. The Hall–Kier alpha value is -1.64. The molecular weight excluding hydrogens is 176 g/mol. The van der Waals surface area contributed by atoms with E-state index in [9.17, 15) is 4.39 Å². The Morgan fingerprint density at radius 3 is 2.64 bits per heavy atom. The van der Waals surface area contributed by atoms with Crippen LogP contribution in [-0.4, -0.2) is 12.8 Å². The van der Waals surface area contributed by atoms with Crippen LogP contribution in [0.15, 0.2) is 42.7 Å². The number of pyridine rings is 1. The Kier molecular flexibility index (Phi) is 2.31. The van der Waals surface area contributed by atoms with Gasteiger partial charge in [0.2, 0.25) is 0 Å². The van der Waals surface area contributed by atoms with Crippen LogP contribution in [0.5, 0.6) is 0 Å². The number of hydrogen-bond donors (Lipinski definition) is 0. The number of benzene rings is 1. The minimum Gasteiger partial charge on any atom is -0.264 e. The fraction of sp³-hybridized carbons (Fsp3) is 0. The minimum absolute atomic E-state index is 0.164. The van der Waals surface area contributed by atoms with E-state index < -0.39 is 5.82 Å². The largest absolute Gasteiger partial charge is 0.264 e. The topological polar surface area (TPSA) is 12.9 Å². The van der Waals surface area contributed by atoms with Gasteiger partial charge in [0, 0.05) is 18.0 Å². The average Bonchev–Trinajstić information content (AvgIpc) is 2.23. The summed E-state index contributed by atoms with van der Waals surface area (Å²) in [5, 5.41) is 0. The third kappa shape index (κ3) is 1.67. The molecule has 0 saturated carbocycles. The van der Waals surface area contributed by atoms with Crippen molar-refractivity contribution in [3.8, 4) is 11.1 Å². The van der Waals surface area contributed by atoms with E-state index in [1.54, 1.807) is 24.5 Å². The molecule has 0 N–H and O–H groups in total. The van der Waals surface area contributed by atoms with Crippen LogP contribution in [0.3, 0.4) is 0 Å². The van der Waals surface area contributed by atoms with Gasteiger partial charge in [0.25, 0.3) is 0 Å². The molecule has 2 radical (unpaired) electrons. The van der Waals surface area contributed by atoms with Crippen LogP contribution in [0.1, 0.15) is 0 Å². The smallest absolute Gasteiger partial charge is 0.117 e. The van der Waals surface area contributed by atoms with E-state index in [4.69, 9.17) is 7.85 Å². The zero-order valence-corrected chi connectivity index (χ0v) is 7.44. The van der Waals surface area contributed by atoms with Gasteiger partial charge < -0.3 is 0 Å². The van der Waals surface area contributed by atoms with Crippen molar-refractivity contribution in [1.82, 2.24) is 4.98 Å². The molecule has 1 aromatic carbocycles. The lowest BCUT2D eigenvalue weighted by atomic mass is 9.93. The molecule has 3 heteroatoms. The molecule has 2 rings (SSSR count). The van der Waals surface area contributed by atoms with Crippen molar-refractivity contribution >= 4 is 13.3 Å². The first-order valence-electron chi connectivity index (χ1n) is 4.23. The summed E-state index contributed by atoms with van der Waals surface area (Å²) in [4.78, 5) is 3.96. The van der Waals surface area contributed by atoms with E-state index >= 15 is 0 Å². The zero-order chi connectivity index (χ0) is 9.97. The highest BCUT2D eigenvalue weighted by molar-refractivity contribution is 6.32. The van der Waals surface area contributed by atoms with E-state index in [1.165, 1.54) is 6.07 Å². The highest BCUT2D eigenvalue weighted by Crippen LogP contribution is 2.17. The van der Waals surface area contributed by atoms with Crippen molar-refractivity contribution in [2.24, 2.45) is 0 Å². The summed E-state index contributed by atoms with van der Waals surface area (Å²) in [6.45, 7) is 0. The number of aromatic nitrogens is 1.